The van der Waals surface area contributed by atoms with E-state index in [1.165, 1.54) is 0 Å². The summed E-state index contributed by atoms with van der Waals surface area (Å²) in [5.41, 5.74) is 3.79. The molecule has 0 aliphatic carbocycles. The van der Waals surface area contributed by atoms with Gasteiger partial charge in [0.2, 0.25) is 0 Å². The Morgan fingerprint density at radius 2 is 1.96 bits per heavy atom. The van der Waals surface area contributed by atoms with Crippen LogP contribution in [0.25, 0.3) is 5.65 Å². The van der Waals surface area contributed by atoms with Crippen molar-refractivity contribution >= 4 is 17.5 Å². The lowest BCUT2D eigenvalue weighted by molar-refractivity contribution is 0.0792. The number of fused-ring (bicyclic) bond motifs is 1. The summed E-state index contributed by atoms with van der Waals surface area (Å²) in [6.45, 7) is 4.00. The number of likely N-dealkylation sites (tertiary alicyclic amines) is 1. The lowest BCUT2D eigenvalue weighted by Crippen LogP contribution is -2.28. The van der Waals surface area contributed by atoms with Gasteiger partial charge in [-0.1, -0.05) is 12.1 Å². The van der Waals surface area contributed by atoms with Crippen LogP contribution in [-0.4, -0.2) is 39.2 Å². The van der Waals surface area contributed by atoms with Gasteiger partial charge in [-0.15, -0.1) is 0 Å². The molecular weight excluding hydrogens is 340 g/mol. The van der Waals surface area contributed by atoms with Gasteiger partial charge < -0.3 is 14.6 Å². The van der Waals surface area contributed by atoms with Crippen LogP contribution in [0.1, 0.15) is 44.8 Å². The van der Waals surface area contributed by atoms with E-state index in [9.17, 15) is 9.59 Å². The zero-order valence-corrected chi connectivity index (χ0v) is 15.3. The van der Waals surface area contributed by atoms with E-state index in [0.717, 1.165) is 42.7 Å². The maximum atomic E-state index is 12.5. The van der Waals surface area contributed by atoms with E-state index >= 15 is 0 Å². The van der Waals surface area contributed by atoms with E-state index < -0.39 is 0 Å². The Morgan fingerprint density at radius 3 is 2.78 bits per heavy atom. The molecule has 2 amide bonds. The van der Waals surface area contributed by atoms with E-state index in [2.05, 4.69) is 10.3 Å². The maximum absolute atomic E-state index is 12.5. The second kappa shape index (κ2) is 7.23. The van der Waals surface area contributed by atoms with Crippen LogP contribution in [0.15, 0.2) is 48.8 Å². The van der Waals surface area contributed by atoms with Gasteiger partial charge in [-0.2, -0.15) is 0 Å². The van der Waals surface area contributed by atoms with Gasteiger partial charge in [0, 0.05) is 37.6 Å². The van der Waals surface area contributed by atoms with E-state index in [1.807, 2.05) is 58.8 Å². The van der Waals surface area contributed by atoms with Crippen LogP contribution in [0.4, 0.5) is 0 Å². The molecule has 0 atom stereocenters. The highest BCUT2D eigenvalue weighted by molar-refractivity contribution is 5.95. The molecule has 138 valence electrons. The third kappa shape index (κ3) is 3.69. The van der Waals surface area contributed by atoms with Gasteiger partial charge in [0.1, 0.15) is 11.3 Å². The van der Waals surface area contributed by atoms with Crippen molar-refractivity contribution < 1.29 is 9.59 Å². The molecule has 1 aliphatic heterocycles. The molecule has 0 unspecified atom stereocenters. The molecule has 0 saturated carbocycles. The molecule has 27 heavy (non-hydrogen) atoms. The highest BCUT2D eigenvalue weighted by atomic mass is 16.2. The number of carbonyl (C=O) groups is 2. The molecule has 1 fully saturated rings. The van der Waals surface area contributed by atoms with Gasteiger partial charge in [0.05, 0.1) is 0 Å². The van der Waals surface area contributed by atoms with Crippen molar-refractivity contribution in [1.29, 1.82) is 0 Å². The van der Waals surface area contributed by atoms with Crippen LogP contribution in [0, 0.1) is 6.92 Å². The van der Waals surface area contributed by atoms with Crippen LogP contribution >= 0.6 is 0 Å². The zero-order chi connectivity index (χ0) is 18.8. The number of carbonyl (C=O) groups excluding carboxylic acids is 2. The number of aryl methyl sites for hydroxylation is 1. The lowest BCUT2D eigenvalue weighted by Gasteiger charge is -2.15. The minimum absolute atomic E-state index is 0.0661. The van der Waals surface area contributed by atoms with E-state index in [1.54, 1.807) is 6.20 Å². The Balaban J connectivity index is 1.43. The number of benzene rings is 1. The van der Waals surface area contributed by atoms with Gasteiger partial charge >= 0.3 is 0 Å². The Labute approximate surface area is 157 Å². The van der Waals surface area contributed by atoms with Crippen LogP contribution in [0.2, 0.25) is 0 Å². The number of hydrogen-bond acceptors (Lipinski definition) is 3. The normalized spacial score (nSPS) is 13.9. The smallest absolute Gasteiger partial charge is 0.271 e. The Hall–Kier alpha value is -3.15. The lowest BCUT2D eigenvalue weighted by atomic mass is 10.1. The fourth-order valence-corrected chi connectivity index (χ4v) is 3.38. The molecular formula is C21H22N4O2. The summed E-state index contributed by atoms with van der Waals surface area (Å²) in [5.74, 6) is -0.163. The predicted octanol–water partition coefficient (Wildman–Crippen LogP) is 2.81. The Kier molecular flexibility index (Phi) is 4.62. The van der Waals surface area contributed by atoms with Crippen LogP contribution in [-0.2, 0) is 6.54 Å². The maximum Gasteiger partial charge on any atom is 0.271 e. The monoisotopic (exact) mass is 362 g/mol. The first-order valence-corrected chi connectivity index (χ1v) is 9.22. The van der Waals surface area contributed by atoms with E-state index in [-0.39, 0.29) is 11.8 Å². The molecule has 3 heterocycles. The zero-order valence-electron chi connectivity index (χ0n) is 15.3. The summed E-state index contributed by atoms with van der Waals surface area (Å²) < 4.78 is 1.83. The van der Waals surface area contributed by atoms with Crippen molar-refractivity contribution in [3.05, 3.63) is 71.2 Å². The largest absolute Gasteiger partial charge is 0.347 e. The molecule has 1 aromatic carbocycles. The SMILES string of the molecule is Cc1ccn2cc(C(=O)NCc3cccc(C(=O)N4CCCC4)c3)nc2c1. The minimum Gasteiger partial charge on any atom is -0.347 e. The second-order valence-electron chi connectivity index (χ2n) is 6.98. The average Bonchev–Trinajstić information content (AvgIpc) is 3.35. The molecule has 1 N–H and O–H groups in total. The fourth-order valence-electron chi connectivity index (χ4n) is 3.38. The number of amides is 2. The van der Waals surface area contributed by atoms with Crippen molar-refractivity contribution in [1.82, 2.24) is 19.6 Å². The first-order chi connectivity index (χ1) is 13.1. The summed E-state index contributed by atoms with van der Waals surface area (Å²) in [5, 5.41) is 2.89. The van der Waals surface area contributed by atoms with Crippen molar-refractivity contribution in [2.45, 2.75) is 26.3 Å². The summed E-state index contributed by atoms with van der Waals surface area (Å²) in [4.78, 5) is 31.2. The average molecular weight is 362 g/mol. The number of hydrogen-bond donors (Lipinski definition) is 1. The summed E-state index contributed by atoms with van der Waals surface area (Å²) in [7, 11) is 0. The van der Waals surface area contributed by atoms with Gasteiger partial charge in [-0.3, -0.25) is 9.59 Å². The van der Waals surface area contributed by atoms with Gasteiger partial charge in [0.15, 0.2) is 0 Å². The number of rotatable bonds is 4. The number of aromatic nitrogens is 2. The van der Waals surface area contributed by atoms with Gasteiger partial charge in [-0.25, -0.2) is 4.98 Å². The first kappa shape index (κ1) is 17.3. The molecule has 2 aromatic heterocycles. The molecule has 4 rings (SSSR count). The summed E-state index contributed by atoms with van der Waals surface area (Å²) >= 11 is 0. The van der Waals surface area contributed by atoms with Crippen molar-refractivity contribution in [2.75, 3.05) is 13.1 Å². The number of imidazole rings is 1. The number of nitrogens with zero attached hydrogens (tertiary/aromatic N) is 3. The molecule has 6 heteroatoms. The third-order valence-corrected chi connectivity index (χ3v) is 4.87. The quantitative estimate of drug-likeness (QED) is 0.776. The standard InChI is InChI=1S/C21H22N4O2/c1-15-7-10-25-14-18(23-19(25)11-15)20(26)22-13-16-5-4-6-17(12-16)21(27)24-8-2-3-9-24/h4-7,10-12,14H,2-3,8-9,13H2,1H3,(H,22,26). The van der Waals surface area contributed by atoms with Crippen LogP contribution < -0.4 is 5.32 Å². The molecule has 3 aromatic rings. The van der Waals surface area contributed by atoms with Crippen molar-refractivity contribution in [2.24, 2.45) is 0 Å². The Bertz CT molecular complexity index is 1000. The first-order valence-electron chi connectivity index (χ1n) is 9.22. The van der Waals surface area contributed by atoms with E-state index in [0.29, 0.717) is 17.8 Å². The van der Waals surface area contributed by atoms with Crippen molar-refractivity contribution in [3.8, 4) is 0 Å². The second-order valence-corrected chi connectivity index (χ2v) is 6.98. The van der Waals surface area contributed by atoms with Gasteiger partial charge in [0.25, 0.3) is 11.8 Å². The van der Waals surface area contributed by atoms with Gasteiger partial charge in [-0.05, 0) is 55.2 Å². The van der Waals surface area contributed by atoms with Crippen molar-refractivity contribution in [3.63, 3.8) is 0 Å². The predicted molar refractivity (Wildman–Crippen MR) is 103 cm³/mol. The fraction of sp³-hybridized carbons (Fsp3) is 0.286. The molecule has 6 nitrogen and oxygen atoms in total. The van der Waals surface area contributed by atoms with E-state index in [4.69, 9.17) is 0 Å². The topological polar surface area (TPSA) is 66.7 Å². The Morgan fingerprint density at radius 1 is 1.15 bits per heavy atom. The number of pyridine rings is 1. The van der Waals surface area contributed by atoms with Crippen LogP contribution in [0.3, 0.4) is 0 Å². The molecule has 1 saturated heterocycles. The summed E-state index contributed by atoms with van der Waals surface area (Å²) in [6, 6.07) is 11.4. The number of nitrogens with one attached hydrogen (secondary N) is 1. The third-order valence-electron chi connectivity index (χ3n) is 4.87. The minimum atomic E-state index is -0.229. The molecule has 0 spiro atoms. The molecule has 0 radical (unpaired) electrons. The highest BCUT2D eigenvalue weighted by Crippen LogP contribution is 2.14. The molecule has 0 bridgehead atoms. The summed E-state index contributed by atoms with van der Waals surface area (Å²) in [6.07, 6.45) is 5.75. The van der Waals surface area contributed by atoms with Crippen LogP contribution in [0.5, 0.6) is 0 Å². The molecule has 1 aliphatic rings. The highest BCUT2D eigenvalue weighted by Gasteiger charge is 2.19.